The fourth-order valence-corrected chi connectivity index (χ4v) is 2.91. The second kappa shape index (κ2) is 5.29. The minimum absolute atomic E-state index is 0.523. The lowest BCUT2D eigenvalue weighted by atomic mass is 10.1. The van der Waals surface area contributed by atoms with Crippen molar-refractivity contribution in [3.63, 3.8) is 0 Å². The number of anilines is 1. The van der Waals surface area contributed by atoms with Crippen molar-refractivity contribution in [2.24, 2.45) is 0 Å². The molecule has 0 radical (unpaired) electrons. The molecule has 2 aromatic heterocycles. The molecule has 6 heteroatoms. The Morgan fingerprint density at radius 2 is 2.05 bits per heavy atom. The second-order valence-corrected chi connectivity index (χ2v) is 5.33. The Morgan fingerprint density at radius 1 is 1.18 bits per heavy atom. The molecule has 0 bridgehead atoms. The maximum Gasteiger partial charge on any atom is 0.263 e. The van der Waals surface area contributed by atoms with E-state index in [4.69, 9.17) is 9.26 Å². The summed E-state index contributed by atoms with van der Waals surface area (Å²) in [7, 11) is 1.65. The number of aromatic nitrogens is 3. The van der Waals surface area contributed by atoms with E-state index in [9.17, 15) is 0 Å². The minimum Gasteiger partial charge on any atom is -0.497 e. The van der Waals surface area contributed by atoms with Crippen molar-refractivity contribution in [3.05, 3.63) is 30.6 Å². The van der Waals surface area contributed by atoms with Crippen molar-refractivity contribution >= 4 is 16.9 Å². The predicted octanol–water partition coefficient (Wildman–Crippen LogP) is 2.89. The van der Waals surface area contributed by atoms with Crippen molar-refractivity contribution in [2.75, 3.05) is 25.1 Å². The lowest BCUT2D eigenvalue weighted by Gasteiger charge is -2.16. The largest absolute Gasteiger partial charge is 0.497 e. The van der Waals surface area contributed by atoms with Gasteiger partial charge in [0.2, 0.25) is 0 Å². The Hall–Kier alpha value is -2.63. The lowest BCUT2D eigenvalue weighted by molar-refractivity contribution is 0.415. The summed E-state index contributed by atoms with van der Waals surface area (Å²) in [5, 5.41) is 5.09. The van der Waals surface area contributed by atoms with Crippen LogP contribution in [0.15, 0.2) is 35.1 Å². The topological polar surface area (TPSA) is 64.3 Å². The molecule has 112 valence electrons. The summed E-state index contributed by atoms with van der Waals surface area (Å²) in [4.78, 5) is 10.9. The summed E-state index contributed by atoms with van der Waals surface area (Å²) in [6, 6.07) is 7.77. The molecule has 6 nitrogen and oxygen atoms in total. The van der Waals surface area contributed by atoms with Crippen LogP contribution in [0.3, 0.4) is 0 Å². The highest BCUT2D eigenvalue weighted by molar-refractivity contribution is 5.98. The van der Waals surface area contributed by atoms with E-state index in [1.807, 2.05) is 24.3 Å². The van der Waals surface area contributed by atoms with Gasteiger partial charge < -0.3 is 14.2 Å². The third-order valence-electron chi connectivity index (χ3n) is 4.00. The summed E-state index contributed by atoms with van der Waals surface area (Å²) in [6.45, 7) is 2.02. The number of hydrogen-bond acceptors (Lipinski definition) is 6. The van der Waals surface area contributed by atoms with E-state index in [1.54, 1.807) is 7.11 Å². The van der Waals surface area contributed by atoms with Gasteiger partial charge in [-0.3, -0.25) is 0 Å². The summed E-state index contributed by atoms with van der Waals surface area (Å²) in [5.74, 6) is 1.69. The van der Waals surface area contributed by atoms with Crippen LogP contribution in [0, 0.1) is 0 Å². The Kier molecular flexibility index (Phi) is 3.14. The highest BCUT2D eigenvalue weighted by Gasteiger charge is 2.22. The van der Waals surface area contributed by atoms with Gasteiger partial charge in [-0.25, -0.2) is 4.98 Å². The number of fused-ring (bicyclic) bond motifs is 1. The smallest absolute Gasteiger partial charge is 0.263 e. The minimum atomic E-state index is 0.523. The molecule has 1 saturated heterocycles. The van der Waals surface area contributed by atoms with Crippen molar-refractivity contribution in [3.8, 4) is 17.0 Å². The molecule has 22 heavy (non-hydrogen) atoms. The first-order chi connectivity index (χ1) is 10.9. The first kappa shape index (κ1) is 13.1. The quantitative estimate of drug-likeness (QED) is 0.740. The zero-order valence-electron chi connectivity index (χ0n) is 12.3. The van der Waals surface area contributed by atoms with Gasteiger partial charge in [0, 0.05) is 18.7 Å². The number of ether oxygens (including phenoxy) is 1. The van der Waals surface area contributed by atoms with Crippen LogP contribution < -0.4 is 9.64 Å². The van der Waals surface area contributed by atoms with E-state index in [0.29, 0.717) is 5.71 Å². The molecule has 4 rings (SSSR count). The van der Waals surface area contributed by atoms with E-state index in [2.05, 4.69) is 20.0 Å². The molecule has 0 amide bonds. The number of nitrogens with zero attached hydrogens (tertiary/aromatic N) is 4. The molecule has 1 aliphatic heterocycles. The van der Waals surface area contributed by atoms with Crippen molar-refractivity contribution in [1.29, 1.82) is 0 Å². The Balaban J connectivity index is 1.90. The fraction of sp³-hybridized carbons (Fsp3) is 0.312. The number of rotatable bonds is 3. The molecule has 0 atom stereocenters. The van der Waals surface area contributed by atoms with Gasteiger partial charge in [-0.05, 0) is 25.0 Å². The van der Waals surface area contributed by atoms with E-state index in [-0.39, 0.29) is 0 Å². The van der Waals surface area contributed by atoms with E-state index in [1.165, 1.54) is 19.2 Å². The van der Waals surface area contributed by atoms with Crippen LogP contribution in [0.25, 0.3) is 22.4 Å². The molecule has 3 heterocycles. The van der Waals surface area contributed by atoms with Crippen LogP contribution in [-0.4, -0.2) is 35.3 Å². The van der Waals surface area contributed by atoms with Crippen molar-refractivity contribution in [2.45, 2.75) is 12.8 Å². The van der Waals surface area contributed by atoms with Crippen molar-refractivity contribution in [1.82, 2.24) is 15.1 Å². The summed E-state index contributed by atoms with van der Waals surface area (Å²) in [6.07, 6.45) is 3.91. The van der Waals surface area contributed by atoms with Gasteiger partial charge in [0.1, 0.15) is 29.0 Å². The average molecular weight is 296 g/mol. The molecule has 0 aliphatic carbocycles. The fourth-order valence-electron chi connectivity index (χ4n) is 2.91. The molecule has 1 aromatic carbocycles. The van der Waals surface area contributed by atoms with E-state index < -0.39 is 0 Å². The van der Waals surface area contributed by atoms with Gasteiger partial charge in [-0.2, -0.15) is 4.98 Å². The van der Waals surface area contributed by atoms with E-state index in [0.717, 1.165) is 41.3 Å². The van der Waals surface area contributed by atoms with Crippen LogP contribution in [0.2, 0.25) is 0 Å². The first-order valence-corrected chi connectivity index (χ1v) is 7.36. The van der Waals surface area contributed by atoms with Crippen molar-refractivity contribution < 1.29 is 9.26 Å². The number of benzene rings is 1. The maximum absolute atomic E-state index is 5.41. The van der Waals surface area contributed by atoms with Gasteiger partial charge in [0.15, 0.2) is 0 Å². The molecule has 3 aromatic rings. The lowest BCUT2D eigenvalue weighted by Crippen LogP contribution is -2.19. The highest BCUT2D eigenvalue weighted by Crippen LogP contribution is 2.35. The van der Waals surface area contributed by atoms with Gasteiger partial charge in [-0.1, -0.05) is 17.3 Å². The van der Waals surface area contributed by atoms with Crippen LogP contribution in [-0.2, 0) is 0 Å². The first-order valence-electron chi connectivity index (χ1n) is 7.36. The average Bonchev–Trinajstić information content (AvgIpc) is 3.24. The third-order valence-corrected chi connectivity index (χ3v) is 4.00. The monoisotopic (exact) mass is 296 g/mol. The molecular formula is C16H16N4O2. The summed E-state index contributed by atoms with van der Waals surface area (Å²) >= 11 is 0. The van der Waals surface area contributed by atoms with Gasteiger partial charge in [0.25, 0.3) is 5.71 Å². The molecular weight excluding hydrogens is 280 g/mol. The SMILES string of the molecule is COc1cccc(-c2noc3ncnc(N4CCCC4)c23)c1. The van der Waals surface area contributed by atoms with Crippen LogP contribution in [0.5, 0.6) is 5.75 Å². The zero-order valence-corrected chi connectivity index (χ0v) is 12.3. The zero-order chi connectivity index (χ0) is 14.9. The molecule has 1 fully saturated rings. The summed E-state index contributed by atoms with van der Waals surface area (Å²) < 4.78 is 10.7. The number of hydrogen-bond donors (Lipinski definition) is 0. The predicted molar refractivity (Wildman–Crippen MR) is 83.0 cm³/mol. The molecule has 0 unspecified atom stereocenters. The molecule has 1 aliphatic rings. The van der Waals surface area contributed by atoms with Crippen LogP contribution in [0.4, 0.5) is 5.82 Å². The molecule has 0 saturated carbocycles. The molecule has 0 N–H and O–H groups in total. The number of methoxy groups -OCH3 is 1. The third kappa shape index (κ3) is 2.07. The Morgan fingerprint density at radius 3 is 2.86 bits per heavy atom. The standard InChI is InChI=1S/C16H16N4O2/c1-21-12-6-4-5-11(9-12)14-13-15(20-7-2-3-8-20)17-10-18-16(13)22-19-14/h4-6,9-10H,2-3,7-8H2,1H3. The van der Waals surface area contributed by atoms with Gasteiger partial charge in [0.05, 0.1) is 7.11 Å². The van der Waals surface area contributed by atoms with Crippen LogP contribution in [0.1, 0.15) is 12.8 Å². The van der Waals surface area contributed by atoms with Gasteiger partial charge >= 0.3 is 0 Å². The Bertz CT molecular complexity index is 809. The molecule has 0 spiro atoms. The van der Waals surface area contributed by atoms with E-state index >= 15 is 0 Å². The second-order valence-electron chi connectivity index (χ2n) is 5.33. The maximum atomic E-state index is 5.41. The normalized spacial score (nSPS) is 14.7. The van der Waals surface area contributed by atoms with Crippen LogP contribution >= 0.6 is 0 Å². The Labute approximate surface area is 127 Å². The summed E-state index contributed by atoms with van der Waals surface area (Å²) in [5.41, 5.74) is 2.22. The highest BCUT2D eigenvalue weighted by atomic mass is 16.5. The van der Waals surface area contributed by atoms with Gasteiger partial charge in [-0.15, -0.1) is 0 Å².